The van der Waals surface area contributed by atoms with Crippen LogP contribution >= 0.6 is 0 Å². The summed E-state index contributed by atoms with van der Waals surface area (Å²) in [6, 6.07) is 9.54. The molecule has 0 saturated carbocycles. The van der Waals surface area contributed by atoms with Crippen LogP contribution in [0.4, 0.5) is 0 Å². The number of carbonyl (C=O) groups is 2. The number of hydrogen-bond acceptors (Lipinski definition) is 5. The second kappa shape index (κ2) is 8.37. The third kappa shape index (κ3) is 4.23. The van der Waals surface area contributed by atoms with E-state index in [0.717, 1.165) is 27.9 Å². The van der Waals surface area contributed by atoms with Crippen LogP contribution in [0.5, 0.6) is 5.88 Å². The van der Waals surface area contributed by atoms with Gasteiger partial charge in [-0.05, 0) is 44.5 Å². The minimum absolute atomic E-state index is 0.00146. The van der Waals surface area contributed by atoms with Crippen LogP contribution < -0.4 is 4.74 Å². The summed E-state index contributed by atoms with van der Waals surface area (Å²) in [4.78, 5) is 33.4. The SMILES string of the molecule is Cc1ccc(C(=O)N2CCN(C(=O)COc3nn(C)c4nc(C)cc(C)c34)CC2)cc1. The Kier molecular flexibility index (Phi) is 5.63. The molecule has 4 rings (SSSR count). The van der Waals surface area contributed by atoms with Crippen LogP contribution in [0.2, 0.25) is 0 Å². The Balaban J connectivity index is 1.35. The molecule has 2 amide bonds. The normalized spacial score (nSPS) is 14.2. The highest BCUT2D eigenvalue weighted by Gasteiger charge is 2.25. The lowest BCUT2D eigenvalue weighted by Gasteiger charge is -2.34. The lowest BCUT2D eigenvalue weighted by Crippen LogP contribution is -2.51. The van der Waals surface area contributed by atoms with Gasteiger partial charge < -0.3 is 14.5 Å². The summed E-state index contributed by atoms with van der Waals surface area (Å²) in [6.45, 7) is 7.81. The molecular formula is C23H27N5O3. The molecule has 2 aromatic heterocycles. The molecule has 0 N–H and O–H groups in total. The van der Waals surface area contributed by atoms with Crippen LogP contribution in [0, 0.1) is 20.8 Å². The molecule has 1 saturated heterocycles. The summed E-state index contributed by atoms with van der Waals surface area (Å²) in [5.74, 6) is 0.310. The zero-order valence-corrected chi connectivity index (χ0v) is 18.4. The number of piperazine rings is 1. The number of nitrogens with zero attached hydrogens (tertiary/aromatic N) is 5. The Labute approximate surface area is 181 Å². The average molecular weight is 422 g/mol. The first-order valence-corrected chi connectivity index (χ1v) is 10.4. The van der Waals surface area contributed by atoms with E-state index in [1.54, 1.807) is 14.5 Å². The lowest BCUT2D eigenvalue weighted by molar-refractivity contribution is -0.134. The van der Waals surface area contributed by atoms with E-state index in [4.69, 9.17) is 4.74 Å². The third-order valence-corrected chi connectivity index (χ3v) is 5.64. The molecule has 1 aliphatic rings. The highest BCUT2D eigenvalue weighted by atomic mass is 16.5. The zero-order valence-electron chi connectivity index (χ0n) is 18.4. The van der Waals surface area contributed by atoms with Crippen molar-refractivity contribution >= 4 is 22.8 Å². The Hall–Kier alpha value is -3.42. The maximum atomic E-state index is 12.7. The van der Waals surface area contributed by atoms with Crippen molar-refractivity contribution in [1.29, 1.82) is 0 Å². The van der Waals surface area contributed by atoms with Crippen LogP contribution in [0.25, 0.3) is 11.0 Å². The summed E-state index contributed by atoms with van der Waals surface area (Å²) >= 11 is 0. The predicted octanol–water partition coefficient (Wildman–Crippen LogP) is 2.26. The predicted molar refractivity (Wildman–Crippen MR) is 117 cm³/mol. The molecule has 31 heavy (non-hydrogen) atoms. The van der Waals surface area contributed by atoms with Gasteiger partial charge in [0.25, 0.3) is 11.8 Å². The molecule has 0 aliphatic carbocycles. The first kappa shape index (κ1) is 20.8. The fraction of sp³-hybridized carbons (Fsp3) is 0.391. The monoisotopic (exact) mass is 421 g/mol. The second-order valence-electron chi connectivity index (χ2n) is 8.04. The molecule has 3 aromatic rings. The van der Waals surface area contributed by atoms with Crippen molar-refractivity contribution in [2.75, 3.05) is 32.8 Å². The van der Waals surface area contributed by atoms with Gasteiger partial charge >= 0.3 is 0 Å². The van der Waals surface area contributed by atoms with Crippen molar-refractivity contribution in [3.63, 3.8) is 0 Å². The number of rotatable bonds is 4. The van der Waals surface area contributed by atoms with Gasteiger partial charge in [0.2, 0.25) is 5.88 Å². The highest BCUT2D eigenvalue weighted by molar-refractivity contribution is 5.94. The maximum Gasteiger partial charge on any atom is 0.260 e. The van der Waals surface area contributed by atoms with Crippen molar-refractivity contribution < 1.29 is 14.3 Å². The van der Waals surface area contributed by atoms with Crippen molar-refractivity contribution in [2.45, 2.75) is 20.8 Å². The Morgan fingerprint density at radius 2 is 1.65 bits per heavy atom. The van der Waals surface area contributed by atoms with Gasteiger partial charge in [-0.15, -0.1) is 5.10 Å². The number of amides is 2. The van der Waals surface area contributed by atoms with E-state index in [1.807, 2.05) is 58.2 Å². The van der Waals surface area contributed by atoms with Gasteiger partial charge in [0.1, 0.15) is 0 Å². The maximum absolute atomic E-state index is 12.7. The van der Waals surface area contributed by atoms with Gasteiger partial charge in [-0.3, -0.25) is 9.59 Å². The topological polar surface area (TPSA) is 80.6 Å². The smallest absolute Gasteiger partial charge is 0.260 e. The summed E-state index contributed by atoms with van der Waals surface area (Å²) in [5, 5.41) is 5.22. The summed E-state index contributed by atoms with van der Waals surface area (Å²) in [6.07, 6.45) is 0. The van der Waals surface area contributed by atoms with E-state index in [0.29, 0.717) is 37.6 Å². The van der Waals surface area contributed by atoms with Gasteiger partial charge in [0.15, 0.2) is 12.3 Å². The molecule has 8 heteroatoms. The molecule has 3 heterocycles. The standard InChI is InChI=1S/C23H27N5O3/c1-15-5-7-18(8-6-15)23(30)28-11-9-27(10-12-28)19(29)14-31-22-20-16(2)13-17(3)24-21(20)26(4)25-22/h5-8,13H,9-12,14H2,1-4H3. The molecule has 0 atom stereocenters. The van der Waals surface area contributed by atoms with Crippen LogP contribution in [-0.4, -0.2) is 69.2 Å². The highest BCUT2D eigenvalue weighted by Crippen LogP contribution is 2.27. The quantitative estimate of drug-likeness (QED) is 0.646. The molecule has 0 unspecified atom stereocenters. The Morgan fingerprint density at radius 1 is 1.00 bits per heavy atom. The molecule has 1 aliphatic heterocycles. The number of fused-ring (bicyclic) bond motifs is 1. The number of aryl methyl sites for hydroxylation is 4. The molecule has 0 radical (unpaired) electrons. The van der Waals surface area contributed by atoms with E-state index in [2.05, 4.69) is 10.1 Å². The van der Waals surface area contributed by atoms with Crippen molar-refractivity contribution in [2.24, 2.45) is 7.05 Å². The first-order valence-electron chi connectivity index (χ1n) is 10.4. The van der Waals surface area contributed by atoms with E-state index in [1.165, 1.54) is 0 Å². The fourth-order valence-corrected chi connectivity index (χ4v) is 3.91. The molecule has 0 spiro atoms. The molecule has 1 fully saturated rings. The van der Waals surface area contributed by atoms with E-state index < -0.39 is 0 Å². The number of pyridine rings is 1. The van der Waals surface area contributed by atoms with Crippen molar-refractivity contribution in [3.8, 4) is 5.88 Å². The largest absolute Gasteiger partial charge is 0.466 e. The van der Waals surface area contributed by atoms with Crippen LogP contribution in [-0.2, 0) is 11.8 Å². The lowest BCUT2D eigenvalue weighted by atomic mass is 10.1. The Bertz CT molecular complexity index is 1130. The van der Waals surface area contributed by atoms with E-state index in [9.17, 15) is 9.59 Å². The minimum atomic E-state index is -0.112. The van der Waals surface area contributed by atoms with Crippen LogP contribution in [0.1, 0.15) is 27.2 Å². The fourth-order valence-electron chi connectivity index (χ4n) is 3.91. The molecule has 1 aromatic carbocycles. The third-order valence-electron chi connectivity index (χ3n) is 5.64. The second-order valence-corrected chi connectivity index (χ2v) is 8.04. The van der Waals surface area contributed by atoms with Crippen LogP contribution in [0.15, 0.2) is 30.3 Å². The number of hydrogen-bond donors (Lipinski definition) is 0. The average Bonchev–Trinajstić information content (AvgIpc) is 3.08. The number of aromatic nitrogens is 3. The van der Waals surface area contributed by atoms with Gasteiger partial charge in [-0.2, -0.15) is 0 Å². The Morgan fingerprint density at radius 3 is 2.32 bits per heavy atom. The van der Waals surface area contributed by atoms with Gasteiger partial charge in [0.05, 0.1) is 5.39 Å². The minimum Gasteiger partial charge on any atom is -0.466 e. The number of benzene rings is 1. The number of ether oxygens (including phenoxy) is 1. The van der Waals surface area contributed by atoms with Crippen LogP contribution in [0.3, 0.4) is 0 Å². The molecule has 0 bridgehead atoms. The molecular weight excluding hydrogens is 394 g/mol. The van der Waals surface area contributed by atoms with Crippen molar-refractivity contribution in [3.05, 3.63) is 52.7 Å². The summed E-state index contributed by atoms with van der Waals surface area (Å²) in [7, 11) is 1.81. The van der Waals surface area contributed by atoms with Crippen molar-refractivity contribution in [1.82, 2.24) is 24.6 Å². The molecule has 8 nitrogen and oxygen atoms in total. The van der Waals surface area contributed by atoms with Gasteiger partial charge in [-0.1, -0.05) is 17.7 Å². The van der Waals surface area contributed by atoms with E-state index in [-0.39, 0.29) is 18.4 Å². The van der Waals surface area contributed by atoms with Gasteiger partial charge in [0, 0.05) is 44.5 Å². The summed E-state index contributed by atoms with van der Waals surface area (Å²) in [5.41, 5.74) is 4.46. The summed E-state index contributed by atoms with van der Waals surface area (Å²) < 4.78 is 7.46. The number of carbonyl (C=O) groups excluding carboxylic acids is 2. The first-order chi connectivity index (χ1) is 14.8. The molecule has 162 valence electrons. The van der Waals surface area contributed by atoms with Gasteiger partial charge in [-0.25, -0.2) is 9.67 Å². The van der Waals surface area contributed by atoms with E-state index >= 15 is 0 Å². The zero-order chi connectivity index (χ0) is 22.1.